The van der Waals surface area contributed by atoms with Crippen molar-refractivity contribution in [1.29, 1.82) is 0 Å². The maximum Gasteiger partial charge on any atom is 0.188 e. The summed E-state index contributed by atoms with van der Waals surface area (Å²) in [6.07, 6.45) is 1.65. The molecule has 0 spiro atoms. The van der Waals surface area contributed by atoms with Crippen molar-refractivity contribution in [3.05, 3.63) is 34.2 Å². The Morgan fingerprint density at radius 2 is 2.23 bits per heavy atom. The molecule has 3 heteroatoms. The maximum absolute atomic E-state index is 11.5. The average molecular weight is 195 g/mol. The summed E-state index contributed by atoms with van der Waals surface area (Å²) in [6, 6.07) is 1.84. The summed E-state index contributed by atoms with van der Waals surface area (Å²) in [6.45, 7) is 1.92. The van der Waals surface area contributed by atoms with Gasteiger partial charge < -0.3 is 4.90 Å². The van der Waals surface area contributed by atoms with Crippen molar-refractivity contribution in [3.8, 4) is 0 Å². The van der Waals surface area contributed by atoms with E-state index in [9.17, 15) is 4.79 Å². The van der Waals surface area contributed by atoms with Gasteiger partial charge in [-0.15, -0.1) is 0 Å². The van der Waals surface area contributed by atoms with Crippen LogP contribution in [0.2, 0.25) is 0 Å². The topological polar surface area (TPSA) is 20.3 Å². The Morgan fingerprint density at radius 3 is 2.69 bits per heavy atom. The molecule has 0 amide bonds. The summed E-state index contributed by atoms with van der Waals surface area (Å²) >= 11 is 1.54. The predicted octanol–water partition coefficient (Wildman–Crippen LogP) is 2.40. The Kier molecular flexibility index (Phi) is 3.25. The van der Waals surface area contributed by atoms with Gasteiger partial charge >= 0.3 is 0 Å². The molecule has 0 aliphatic carbocycles. The smallest absolute Gasteiger partial charge is 0.188 e. The van der Waals surface area contributed by atoms with E-state index in [1.807, 2.05) is 42.7 Å². The third-order valence-electron chi connectivity index (χ3n) is 1.85. The molecule has 0 atom stereocenters. The Hall–Kier alpha value is -1.09. The van der Waals surface area contributed by atoms with Gasteiger partial charge in [0.25, 0.3) is 0 Å². The second-order valence-electron chi connectivity index (χ2n) is 3.06. The standard InChI is InChI=1S/C10H13NOS/c1-8(11(2)3)6-10(12)9-4-5-13-7-9/h4-7H,1-3H3/b8-6+. The van der Waals surface area contributed by atoms with Crippen LogP contribution < -0.4 is 0 Å². The Balaban J connectivity index is 2.76. The fourth-order valence-electron chi connectivity index (χ4n) is 0.807. The highest BCUT2D eigenvalue weighted by molar-refractivity contribution is 7.08. The van der Waals surface area contributed by atoms with Crippen LogP contribution in [0.3, 0.4) is 0 Å². The molecule has 0 aromatic carbocycles. The van der Waals surface area contributed by atoms with Gasteiger partial charge in [0, 0.05) is 36.8 Å². The van der Waals surface area contributed by atoms with Crippen LogP contribution in [0.1, 0.15) is 17.3 Å². The van der Waals surface area contributed by atoms with E-state index < -0.39 is 0 Å². The lowest BCUT2D eigenvalue weighted by Crippen LogP contribution is -2.09. The lowest BCUT2D eigenvalue weighted by atomic mass is 10.2. The monoisotopic (exact) mass is 195 g/mol. The highest BCUT2D eigenvalue weighted by Crippen LogP contribution is 2.09. The summed E-state index contributed by atoms with van der Waals surface area (Å²) in [5.74, 6) is 0.0763. The summed E-state index contributed by atoms with van der Waals surface area (Å²) < 4.78 is 0. The molecule has 13 heavy (non-hydrogen) atoms. The van der Waals surface area contributed by atoms with E-state index >= 15 is 0 Å². The van der Waals surface area contributed by atoms with Crippen molar-refractivity contribution < 1.29 is 4.79 Å². The van der Waals surface area contributed by atoms with E-state index in [2.05, 4.69) is 0 Å². The number of carbonyl (C=O) groups excluding carboxylic acids is 1. The first-order valence-electron chi connectivity index (χ1n) is 4.03. The van der Waals surface area contributed by atoms with Gasteiger partial charge in [0.15, 0.2) is 5.78 Å². The molecule has 0 saturated carbocycles. The van der Waals surface area contributed by atoms with E-state index in [1.165, 1.54) is 11.3 Å². The van der Waals surface area contributed by atoms with Gasteiger partial charge in [-0.05, 0) is 18.4 Å². The van der Waals surface area contributed by atoms with Crippen molar-refractivity contribution in [1.82, 2.24) is 4.90 Å². The fraction of sp³-hybridized carbons (Fsp3) is 0.300. The van der Waals surface area contributed by atoms with Gasteiger partial charge in [-0.25, -0.2) is 0 Å². The molecular weight excluding hydrogens is 182 g/mol. The molecule has 0 aliphatic heterocycles. The van der Waals surface area contributed by atoms with Crippen LogP contribution >= 0.6 is 11.3 Å². The minimum Gasteiger partial charge on any atom is -0.381 e. The molecule has 1 aromatic heterocycles. The van der Waals surface area contributed by atoms with Gasteiger partial charge in [0.05, 0.1) is 0 Å². The number of nitrogens with zero attached hydrogens (tertiary/aromatic N) is 1. The Morgan fingerprint density at radius 1 is 1.54 bits per heavy atom. The van der Waals surface area contributed by atoms with Crippen LogP contribution in [0.5, 0.6) is 0 Å². The number of carbonyl (C=O) groups is 1. The minimum atomic E-state index is 0.0763. The number of thiophene rings is 1. The molecule has 0 aliphatic rings. The minimum absolute atomic E-state index is 0.0763. The first-order valence-corrected chi connectivity index (χ1v) is 4.97. The third kappa shape index (κ3) is 2.70. The molecule has 0 fully saturated rings. The molecule has 2 nitrogen and oxygen atoms in total. The Bertz CT molecular complexity index is 312. The zero-order valence-corrected chi connectivity index (χ0v) is 8.89. The second-order valence-corrected chi connectivity index (χ2v) is 3.84. The molecule has 0 bridgehead atoms. The number of allylic oxidation sites excluding steroid dienone is 2. The van der Waals surface area contributed by atoms with E-state index in [-0.39, 0.29) is 5.78 Å². The first-order chi connectivity index (χ1) is 6.11. The molecule has 1 aromatic rings. The normalized spacial score (nSPS) is 11.5. The number of rotatable bonds is 3. The maximum atomic E-state index is 11.5. The van der Waals surface area contributed by atoms with Gasteiger partial charge in [-0.2, -0.15) is 11.3 Å². The van der Waals surface area contributed by atoms with Crippen LogP contribution in [0.15, 0.2) is 28.6 Å². The van der Waals surface area contributed by atoms with E-state index in [0.717, 1.165) is 11.3 Å². The lowest BCUT2D eigenvalue weighted by molar-refractivity contribution is 0.104. The van der Waals surface area contributed by atoms with E-state index in [1.54, 1.807) is 6.08 Å². The van der Waals surface area contributed by atoms with E-state index in [0.29, 0.717) is 0 Å². The van der Waals surface area contributed by atoms with Gasteiger partial charge in [0.2, 0.25) is 0 Å². The zero-order chi connectivity index (χ0) is 9.84. The molecule has 0 saturated heterocycles. The van der Waals surface area contributed by atoms with Crippen molar-refractivity contribution in [2.75, 3.05) is 14.1 Å². The van der Waals surface area contributed by atoms with Crippen molar-refractivity contribution in [2.45, 2.75) is 6.92 Å². The summed E-state index contributed by atoms with van der Waals surface area (Å²) in [4.78, 5) is 13.4. The zero-order valence-electron chi connectivity index (χ0n) is 8.07. The molecule has 70 valence electrons. The van der Waals surface area contributed by atoms with Crippen LogP contribution in [0, 0.1) is 0 Å². The lowest BCUT2D eigenvalue weighted by Gasteiger charge is -2.11. The van der Waals surface area contributed by atoms with Crippen LogP contribution in [-0.4, -0.2) is 24.8 Å². The second kappa shape index (κ2) is 4.23. The molecular formula is C10H13NOS. The van der Waals surface area contributed by atoms with E-state index in [4.69, 9.17) is 0 Å². The number of ketones is 1. The predicted molar refractivity (Wildman–Crippen MR) is 56.1 cm³/mol. The Labute approximate surface area is 82.5 Å². The fourth-order valence-corrected chi connectivity index (χ4v) is 1.45. The molecule has 1 rings (SSSR count). The summed E-state index contributed by atoms with van der Waals surface area (Å²) in [5, 5.41) is 3.77. The van der Waals surface area contributed by atoms with Crippen LogP contribution in [0.4, 0.5) is 0 Å². The largest absolute Gasteiger partial charge is 0.381 e. The highest BCUT2D eigenvalue weighted by Gasteiger charge is 2.03. The van der Waals surface area contributed by atoms with Gasteiger partial charge in [-0.1, -0.05) is 0 Å². The van der Waals surface area contributed by atoms with Crippen molar-refractivity contribution in [3.63, 3.8) is 0 Å². The third-order valence-corrected chi connectivity index (χ3v) is 2.53. The van der Waals surface area contributed by atoms with Gasteiger partial charge in [0.1, 0.15) is 0 Å². The molecule has 0 unspecified atom stereocenters. The molecule has 0 radical (unpaired) electrons. The van der Waals surface area contributed by atoms with Crippen molar-refractivity contribution in [2.24, 2.45) is 0 Å². The van der Waals surface area contributed by atoms with Crippen LogP contribution in [0.25, 0.3) is 0 Å². The quantitative estimate of drug-likeness (QED) is 0.545. The summed E-state index contributed by atoms with van der Waals surface area (Å²) in [5.41, 5.74) is 1.74. The van der Waals surface area contributed by atoms with Crippen LogP contribution in [-0.2, 0) is 0 Å². The SMILES string of the molecule is C/C(=C\C(=O)c1ccsc1)N(C)C. The number of hydrogen-bond acceptors (Lipinski definition) is 3. The number of hydrogen-bond donors (Lipinski definition) is 0. The van der Waals surface area contributed by atoms with Gasteiger partial charge in [-0.3, -0.25) is 4.79 Å². The highest BCUT2D eigenvalue weighted by atomic mass is 32.1. The molecule has 1 heterocycles. The molecule has 0 N–H and O–H groups in total. The summed E-state index contributed by atoms with van der Waals surface area (Å²) in [7, 11) is 3.85. The first kappa shape index (κ1) is 9.99. The average Bonchev–Trinajstić information content (AvgIpc) is 2.55. The van der Waals surface area contributed by atoms with Crippen molar-refractivity contribution >= 4 is 17.1 Å².